The Morgan fingerprint density at radius 3 is 2.21 bits per heavy atom. The van der Waals surface area contributed by atoms with E-state index in [2.05, 4.69) is 15.9 Å². The van der Waals surface area contributed by atoms with E-state index >= 15 is 0 Å². The van der Waals surface area contributed by atoms with Crippen LogP contribution in [0.25, 0.3) is 0 Å². The van der Waals surface area contributed by atoms with E-state index in [0.717, 1.165) is 4.90 Å². The third kappa shape index (κ3) is 2.65. The Hall–Kier alpha value is -2.74. The molecular formula is C16H12BrN3O4. The predicted octanol–water partition coefficient (Wildman–Crippen LogP) is 3.05. The van der Waals surface area contributed by atoms with E-state index in [9.17, 15) is 19.7 Å². The van der Waals surface area contributed by atoms with Crippen molar-refractivity contribution < 1.29 is 14.5 Å². The predicted molar refractivity (Wildman–Crippen MR) is 91.0 cm³/mol. The van der Waals surface area contributed by atoms with Crippen LogP contribution >= 0.6 is 15.9 Å². The minimum absolute atomic E-state index is 0.0419. The molecule has 0 bridgehead atoms. The summed E-state index contributed by atoms with van der Waals surface area (Å²) in [5, 5.41) is 10.8. The van der Waals surface area contributed by atoms with Gasteiger partial charge >= 0.3 is 0 Å². The molecule has 0 aromatic heterocycles. The van der Waals surface area contributed by atoms with Gasteiger partial charge in [-0.3, -0.25) is 24.6 Å². The number of rotatable bonds is 4. The second-order valence-corrected chi connectivity index (χ2v) is 6.17. The molecule has 8 heteroatoms. The Kier molecular flexibility index (Phi) is 4.06. The number of imide groups is 1. The van der Waals surface area contributed by atoms with Gasteiger partial charge in [-0.05, 0) is 34.1 Å². The van der Waals surface area contributed by atoms with Gasteiger partial charge in [0.2, 0.25) is 0 Å². The van der Waals surface area contributed by atoms with Crippen molar-refractivity contribution in [2.75, 3.05) is 18.6 Å². The number of non-ortho nitro benzene ring substituents is 1. The van der Waals surface area contributed by atoms with E-state index in [1.54, 1.807) is 42.3 Å². The number of amides is 2. The Labute approximate surface area is 145 Å². The monoisotopic (exact) mass is 389 g/mol. The van der Waals surface area contributed by atoms with Crippen LogP contribution in [0, 0.1) is 10.1 Å². The molecule has 2 amide bonds. The molecule has 3 rings (SSSR count). The molecule has 2 aromatic carbocycles. The molecule has 0 atom stereocenters. The zero-order chi connectivity index (χ0) is 17.4. The lowest BCUT2D eigenvalue weighted by Crippen LogP contribution is -2.39. The van der Waals surface area contributed by atoms with Crippen LogP contribution in [0.4, 0.5) is 11.4 Å². The van der Waals surface area contributed by atoms with Crippen LogP contribution < -0.4 is 4.90 Å². The number of halogens is 1. The number of nitrogens with zero attached hydrogens (tertiary/aromatic N) is 3. The topological polar surface area (TPSA) is 83.8 Å². The first-order valence-electron chi connectivity index (χ1n) is 7.00. The molecule has 1 aliphatic rings. The standard InChI is InChI=1S/C16H12BrN3O4/c1-18(14-7-6-10(20(23)24)8-13(14)17)9-19-15(21)11-4-2-3-5-12(11)16(19)22/h2-8H,9H2,1H3. The van der Waals surface area contributed by atoms with E-state index in [4.69, 9.17) is 0 Å². The summed E-state index contributed by atoms with van der Waals surface area (Å²) in [6.07, 6.45) is 0. The summed E-state index contributed by atoms with van der Waals surface area (Å²) in [6, 6.07) is 11.0. The maximum atomic E-state index is 12.4. The number of anilines is 1. The van der Waals surface area contributed by atoms with Gasteiger partial charge in [-0.25, -0.2) is 0 Å². The number of fused-ring (bicyclic) bond motifs is 1. The molecule has 0 saturated carbocycles. The van der Waals surface area contributed by atoms with Gasteiger partial charge in [0.25, 0.3) is 17.5 Å². The molecule has 0 unspecified atom stereocenters. The van der Waals surface area contributed by atoms with Crippen LogP contribution in [0.2, 0.25) is 0 Å². The van der Waals surface area contributed by atoms with Crippen molar-refractivity contribution in [2.24, 2.45) is 0 Å². The zero-order valence-corrected chi connectivity index (χ0v) is 14.2. The molecule has 0 fully saturated rings. The van der Waals surface area contributed by atoms with Gasteiger partial charge in [0, 0.05) is 23.7 Å². The first kappa shape index (κ1) is 16.1. The van der Waals surface area contributed by atoms with Gasteiger partial charge in [-0.15, -0.1) is 0 Å². The highest BCUT2D eigenvalue weighted by Gasteiger charge is 2.35. The van der Waals surface area contributed by atoms with Crippen LogP contribution in [0.5, 0.6) is 0 Å². The molecule has 1 heterocycles. The summed E-state index contributed by atoms with van der Waals surface area (Å²) in [5.74, 6) is -0.694. The number of hydrogen-bond donors (Lipinski definition) is 0. The maximum Gasteiger partial charge on any atom is 0.270 e. The van der Waals surface area contributed by atoms with Crippen molar-refractivity contribution in [1.29, 1.82) is 0 Å². The summed E-state index contributed by atoms with van der Waals surface area (Å²) in [6.45, 7) is 0.0444. The lowest BCUT2D eigenvalue weighted by atomic mass is 10.1. The number of carbonyl (C=O) groups is 2. The van der Waals surface area contributed by atoms with Crippen LogP contribution in [0.15, 0.2) is 46.9 Å². The summed E-state index contributed by atoms with van der Waals surface area (Å²) in [7, 11) is 1.70. The highest BCUT2D eigenvalue weighted by Crippen LogP contribution is 2.30. The van der Waals surface area contributed by atoms with Gasteiger partial charge in [-0.1, -0.05) is 12.1 Å². The molecule has 7 nitrogen and oxygen atoms in total. The molecule has 0 spiro atoms. The minimum Gasteiger partial charge on any atom is -0.355 e. The number of nitro groups is 1. The number of carbonyl (C=O) groups excluding carboxylic acids is 2. The normalized spacial score (nSPS) is 13.2. The van der Waals surface area contributed by atoms with Crippen molar-refractivity contribution in [3.8, 4) is 0 Å². The maximum absolute atomic E-state index is 12.4. The fourth-order valence-corrected chi connectivity index (χ4v) is 3.24. The average molecular weight is 390 g/mol. The van der Waals surface area contributed by atoms with Crippen LogP contribution in [0.3, 0.4) is 0 Å². The third-order valence-corrected chi connectivity index (χ3v) is 4.42. The molecule has 122 valence electrons. The van der Waals surface area contributed by atoms with Crippen molar-refractivity contribution in [3.63, 3.8) is 0 Å². The molecule has 0 N–H and O–H groups in total. The van der Waals surface area contributed by atoms with Crippen molar-refractivity contribution in [1.82, 2.24) is 4.90 Å². The van der Waals surface area contributed by atoms with Gasteiger partial charge in [0.15, 0.2) is 0 Å². The van der Waals surface area contributed by atoms with E-state index < -0.39 is 4.92 Å². The second kappa shape index (κ2) is 6.04. The minimum atomic E-state index is -0.487. The summed E-state index contributed by atoms with van der Waals surface area (Å²) in [5.41, 5.74) is 1.37. The highest BCUT2D eigenvalue weighted by molar-refractivity contribution is 9.10. The van der Waals surface area contributed by atoms with Gasteiger partial charge in [0.1, 0.15) is 6.67 Å². The third-order valence-electron chi connectivity index (χ3n) is 3.79. The Bertz CT molecular complexity index is 833. The molecule has 2 aromatic rings. The van der Waals surface area contributed by atoms with E-state index in [0.29, 0.717) is 21.3 Å². The molecule has 24 heavy (non-hydrogen) atoms. The Morgan fingerprint density at radius 1 is 1.12 bits per heavy atom. The summed E-state index contributed by atoms with van der Waals surface area (Å²) >= 11 is 3.29. The lowest BCUT2D eigenvalue weighted by molar-refractivity contribution is -0.384. The fourth-order valence-electron chi connectivity index (χ4n) is 2.57. The van der Waals surface area contributed by atoms with Crippen molar-refractivity contribution in [2.45, 2.75) is 0 Å². The zero-order valence-electron chi connectivity index (χ0n) is 12.6. The Balaban J connectivity index is 1.84. The second-order valence-electron chi connectivity index (χ2n) is 5.32. The molecule has 0 radical (unpaired) electrons. The molecule has 0 saturated heterocycles. The Morgan fingerprint density at radius 2 is 1.71 bits per heavy atom. The van der Waals surface area contributed by atoms with E-state index in [1.807, 2.05) is 0 Å². The number of hydrogen-bond acceptors (Lipinski definition) is 5. The van der Waals surface area contributed by atoms with E-state index in [-0.39, 0.29) is 24.2 Å². The van der Waals surface area contributed by atoms with Gasteiger partial charge in [-0.2, -0.15) is 0 Å². The molecular weight excluding hydrogens is 378 g/mol. The van der Waals surface area contributed by atoms with E-state index in [1.165, 1.54) is 12.1 Å². The first-order chi connectivity index (χ1) is 11.4. The summed E-state index contributed by atoms with van der Waals surface area (Å²) < 4.78 is 0.510. The van der Waals surface area contributed by atoms with Crippen LogP contribution in [0.1, 0.15) is 20.7 Å². The SMILES string of the molecule is CN(CN1C(=O)c2ccccc2C1=O)c1ccc([N+](=O)[O-])cc1Br. The van der Waals surface area contributed by atoms with Crippen molar-refractivity contribution >= 4 is 39.1 Å². The van der Waals surface area contributed by atoms with Crippen LogP contribution in [-0.4, -0.2) is 35.4 Å². The van der Waals surface area contributed by atoms with Crippen LogP contribution in [-0.2, 0) is 0 Å². The first-order valence-corrected chi connectivity index (χ1v) is 7.79. The summed E-state index contributed by atoms with van der Waals surface area (Å²) in [4.78, 5) is 37.9. The van der Waals surface area contributed by atoms with Gasteiger partial charge < -0.3 is 4.90 Å². The van der Waals surface area contributed by atoms with Crippen molar-refractivity contribution in [3.05, 3.63) is 68.2 Å². The molecule has 0 aliphatic carbocycles. The molecule has 1 aliphatic heterocycles. The largest absolute Gasteiger partial charge is 0.355 e. The average Bonchev–Trinajstić information content (AvgIpc) is 2.80. The highest BCUT2D eigenvalue weighted by atomic mass is 79.9. The fraction of sp³-hybridized carbons (Fsp3) is 0.125. The number of benzene rings is 2. The number of nitro benzene ring substituents is 1. The lowest BCUT2D eigenvalue weighted by Gasteiger charge is -2.25. The quantitative estimate of drug-likeness (QED) is 0.455. The van der Waals surface area contributed by atoms with Gasteiger partial charge in [0.05, 0.1) is 21.7 Å². The smallest absolute Gasteiger partial charge is 0.270 e.